The summed E-state index contributed by atoms with van der Waals surface area (Å²) >= 11 is 5.79. The van der Waals surface area contributed by atoms with Crippen molar-refractivity contribution in [2.45, 2.75) is 18.9 Å². The van der Waals surface area contributed by atoms with Crippen molar-refractivity contribution in [3.05, 3.63) is 70.7 Å². The van der Waals surface area contributed by atoms with E-state index in [0.29, 0.717) is 5.02 Å². The van der Waals surface area contributed by atoms with E-state index in [1.165, 1.54) is 0 Å². The number of carbonyl (C=O) groups excluding carboxylic acids is 2. The normalized spacial score (nSPS) is 11.2. The summed E-state index contributed by atoms with van der Waals surface area (Å²) in [6.07, 6.45) is 0.283. The summed E-state index contributed by atoms with van der Waals surface area (Å²) < 4.78 is 0. The van der Waals surface area contributed by atoms with Gasteiger partial charge in [-0.05, 0) is 29.7 Å². The first-order valence-corrected chi connectivity index (χ1v) is 7.21. The number of hydrogen-bond acceptors (Lipinski definition) is 3. The van der Waals surface area contributed by atoms with E-state index in [0.717, 1.165) is 11.1 Å². The van der Waals surface area contributed by atoms with Crippen molar-refractivity contribution in [1.82, 2.24) is 5.32 Å². The van der Waals surface area contributed by atoms with Crippen molar-refractivity contribution < 1.29 is 44.3 Å². The smallest absolute Gasteiger partial charge is 0.548 e. The maximum Gasteiger partial charge on any atom is 1.00 e. The summed E-state index contributed by atoms with van der Waals surface area (Å²) in [7, 11) is 0. The molecule has 0 unspecified atom stereocenters. The van der Waals surface area contributed by atoms with Crippen molar-refractivity contribution in [1.29, 1.82) is 0 Å². The quantitative estimate of drug-likeness (QED) is 0.642. The molecule has 0 aliphatic rings. The summed E-state index contributed by atoms with van der Waals surface area (Å²) in [6, 6.07) is 14.9. The van der Waals surface area contributed by atoms with Crippen LogP contribution in [0, 0.1) is 0 Å². The molecule has 1 atom stereocenters. The number of aliphatic carboxylic acids is 1. The molecule has 0 aromatic heterocycles. The Balaban J connectivity index is 0.00000264. The van der Waals surface area contributed by atoms with Gasteiger partial charge in [0.25, 0.3) is 0 Å². The number of halogens is 1. The standard InChI is InChI=1S/C17H16ClNO3.Na/c18-14-8-6-13(7-9-14)10-15(17(21)22)19-16(20)11-12-4-2-1-3-5-12;/h1-9,15H,10-11H2,(H,19,20)(H,21,22);/q;+1/p-1/t15-;/m0./s1. The third-order valence-corrected chi connectivity index (χ3v) is 3.43. The molecule has 2 rings (SSSR count). The van der Waals surface area contributed by atoms with Gasteiger partial charge in [-0.25, -0.2) is 0 Å². The first-order valence-electron chi connectivity index (χ1n) is 6.83. The average molecular weight is 340 g/mol. The molecule has 1 amide bonds. The predicted octanol–water partition coefficient (Wildman–Crippen LogP) is -1.64. The Morgan fingerprint density at radius 1 is 1.00 bits per heavy atom. The monoisotopic (exact) mass is 339 g/mol. The van der Waals surface area contributed by atoms with Crippen LogP contribution in [0.1, 0.15) is 11.1 Å². The second kappa shape index (κ2) is 9.73. The van der Waals surface area contributed by atoms with Crippen LogP contribution in [0.5, 0.6) is 0 Å². The van der Waals surface area contributed by atoms with Crippen molar-refractivity contribution in [3.8, 4) is 0 Å². The third kappa shape index (κ3) is 6.75. The van der Waals surface area contributed by atoms with Crippen LogP contribution in [0.15, 0.2) is 54.6 Å². The van der Waals surface area contributed by atoms with Crippen LogP contribution < -0.4 is 40.0 Å². The molecule has 0 saturated heterocycles. The van der Waals surface area contributed by atoms with Gasteiger partial charge in [0.05, 0.1) is 18.4 Å². The van der Waals surface area contributed by atoms with Crippen molar-refractivity contribution >= 4 is 23.5 Å². The Morgan fingerprint density at radius 3 is 2.17 bits per heavy atom. The Hall–Kier alpha value is -1.33. The van der Waals surface area contributed by atoms with Crippen LogP contribution in [0.3, 0.4) is 0 Å². The van der Waals surface area contributed by atoms with E-state index in [-0.39, 0.29) is 48.3 Å². The van der Waals surface area contributed by atoms with E-state index < -0.39 is 12.0 Å². The Morgan fingerprint density at radius 2 is 1.61 bits per heavy atom. The Labute approximate surface area is 162 Å². The summed E-state index contributed by atoms with van der Waals surface area (Å²) in [5.74, 6) is -1.66. The summed E-state index contributed by atoms with van der Waals surface area (Å²) in [5, 5.41) is 14.3. The van der Waals surface area contributed by atoms with Crippen LogP contribution >= 0.6 is 11.6 Å². The number of benzene rings is 2. The van der Waals surface area contributed by atoms with Crippen LogP contribution in [0.4, 0.5) is 0 Å². The zero-order chi connectivity index (χ0) is 15.9. The number of carbonyl (C=O) groups is 2. The van der Waals surface area contributed by atoms with Gasteiger partial charge < -0.3 is 15.2 Å². The molecule has 0 aliphatic carbocycles. The molecule has 2 aromatic rings. The molecule has 0 heterocycles. The van der Waals surface area contributed by atoms with Crippen LogP contribution in [-0.4, -0.2) is 17.9 Å². The maximum absolute atomic E-state index is 11.9. The summed E-state index contributed by atoms with van der Waals surface area (Å²) in [4.78, 5) is 23.2. The van der Waals surface area contributed by atoms with E-state index in [1.807, 2.05) is 30.3 Å². The van der Waals surface area contributed by atoms with E-state index in [9.17, 15) is 14.7 Å². The number of carboxylic acid groups (broad SMARTS) is 1. The van der Waals surface area contributed by atoms with Gasteiger partial charge >= 0.3 is 29.6 Å². The molecular formula is C17H15ClNNaO3. The molecule has 0 fully saturated rings. The Kier molecular flexibility index (Phi) is 8.34. The second-order valence-corrected chi connectivity index (χ2v) is 5.37. The molecule has 0 radical (unpaired) electrons. The van der Waals surface area contributed by atoms with Gasteiger partial charge in [-0.15, -0.1) is 0 Å². The summed E-state index contributed by atoms with van der Waals surface area (Å²) in [6.45, 7) is 0. The van der Waals surface area contributed by atoms with Gasteiger partial charge in [0.15, 0.2) is 0 Å². The minimum atomic E-state index is -1.31. The number of nitrogens with one attached hydrogen (secondary N) is 1. The molecule has 114 valence electrons. The predicted molar refractivity (Wildman–Crippen MR) is 82.2 cm³/mol. The molecule has 0 aliphatic heterocycles. The number of hydrogen-bond donors (Lipinski definition) is 1. The average Bonchev–Trinajstić information content (AvgIpc) is 2.49. The van der Waals surface area contributed by atoms with Gasteiger partial charge in [0, 0.05) is 5.02 Å². The van der Waals surface area contributed by atoms with E-state index in [2.05, 4.69) is 5.32 Å². The third-order valence-electron chi connectivity index (χ3n) is 3.18. The fourth-order valence-electron chi connectivity index (χ4n) is 2.08. The van der Waals surface area contributed by atoms with Gasteiger partial charge in [0.2, 0.25) is 5.91 Å². The molecule has 0 bridgehead atoms. The van der Waals surface area contributed by atoms with Crippen molar-refractivity contribution in [3.63, 3.8) is 0 Å². The second-order valence-electron chi connectivity index (χ2n) is 4.93. The van der Waals surface area contributed by atoms with E-state index in [1.54, 1.807) is 24.3 Å². The van der Waals surface area contributed by atoms with Crippen LogP contribution in [0.2, 0.25) is 5.02 Å². The fraction of sp³-hybridized carbons (Fsp3) is 0.176. The number of rotatable bonds is 6. The van der Waals surface area contributed by atoms with E-state index in [4.69, 9.17) is 11.6 Å². The van der Waals surface area contributed by atoms with E-state index >= 15 is 0 Å². The maximum atomic E-state index is 11.9. The van der Waals surface area contributed by atoms with Gasteiger partial charge in [-0.1, -0.05) is 54.1 Å². The van der Waals surface area contributed by atoms with Gasteiger partial charge in [-0.3, -0.25) is 4.79 Å². The van der Waals surface area contributed by atoms with Gasteiger partial charge in [-0.2, -0.15) is 0 Å². The molecule has 6 heteroatoms. The van der Waals surface area contributed by atoms with Crippen molar-refractivity contribution in [2.75, 3.05) is 0 Å². The largest absolute Gasteiger partial charge is 1.00 e. The Bertz CT molecular complexity index is 647. The van der Waals surface area contributed by atoms with Crippen LogP contribution in [0.25, 0.3) is 0 Å². The minimum absolute atomic E-state index is 0. The molecular weight excluding hydrogens is 325 g/mol. The molecule has 0 spiro atoms. The topological polar surface area (TPSA) is 69.2 Å². The first-order chi connectivity index (χ1) is 10.5. The molecule has 2 aromatic carbocycles. The SMILES string of the molecule is O=C(Cc1ccccc1)N[C@@H](Cc1ccc(Cl)cc1)C(=O)[O-].[Na+]. The molecule has 23 heavy (non-hydrogen) atoms. The fourth-order valence-corrected chi connectivity index (χ4v) is 2.20. The van der Waals surface area contributed by atoms with Gasteiger partial charge in [0.1, 0.15) is 0 Å². The summed E-state index contributed by atoms with van der Waals surface area (Å²) in [5.41, 5.74) is 1.59. The zero-order valence-electron chi connectivity index (χ0n) is 12.8. The first kappa shape index (κ1) is 19.7. The minimum Gasteiger partial charge on any atom is -0.548 e. The molecule has 0 saturated carbocycles. The molecule has 4 nitrogen and oxygen atoms in total. The number of amides is 1. The van der Waals surface area contributed by atoms with Crippen LogP contribution in [-0.2, 0) is 22.4 Å². The number of carboxylic acids is 1. The zero-order valence-corrected chi connectivity index (χ0v) is 15.5. The molecule has 1 N–H and O–H groups in total. The van der Waals surface area contributed by atoms with Crippen molar-refractivity contribution in [2.24, 2.45) is 0 Å².